The Bertz CT molecular complexity index is 2710. The first-order valence-corrected chi connectivity index (χ1v) is 19.1. The number of rotatable bonds is 5. The van der Waals surface area contributed by atoms with Gasteiger partial charge in [-0.25, -0.2) is 0 Å². The zero-order valence-electron chi connectivity index (χ0n) is 30.6. The van der Waals surface area contributed by atoms with E-state index in [1.807, 2.05) is 0 Å². The van der Waals surface area contributed by atoms with Gasteiger partial charge in [0.1, 0.15) is 0 Å². The van der Waals surface area contributed by atoms with Gasteiger partial charge in [-0.1, -0.05) is 178 Å². The van der Waals surface area contributed by atoms with Crippen LogP contribution in [0.1, 0.15) is 52.8 Å². The van der Waals surface area contributed by atoms with E-state index < -0.39 is 0 Å². The highest BCUT2D eigenvalue weighted by atomic mass is 15.1. The van der Waals surface area contributed by atoms with Crippen LogP contribution in [-0.2, 0) is 17.4 Å². The molecule has 0 N–H and O–H groups in total. The van der Waals surface area contributed by atoms with E-state index in [9.17, 15) is 0 Å². The van der Waals surface area contributed by atoms with Crippen molar-refractivity contribution in [3.05, 3.63) is 227 Å². The number of nitrogens with zero attached hydrogens (tertiary/aromatic N) is 1. The third-order valence-electron chi connectivity index (χ3n) is 12.6. The van der Waals surface area contributed by atoms with Crippen LogP contribution in [0.5, 0.6) is 0 Å². The molecular weight excluding hydrogens is 651 g/mol. The van der Waals surface area contributed by atoms with Crippen LogP contribution in [0.15, 0.2) is 188 Å². The van der Waals surface area contributed by atoms with Crippen molar-refractivity contribution in [2.24, 2.45) is 0 Å². The molecule has 0 aromatic heterocycles. The van der Waals surface area contributed by atoms with Gasteiger partial charge >= 0.3 is 0 Å². The van der Waals surface area contributed by atoms with E-state index in [2.05, 4.69) is 207 Å². The lowest BCUT2D eigenvalue weighted by Crippen LogP contribution is -2.26. The van der Waals surface area contributed by atoms with E-state index >= 15 is 0 Å². The lowest BCUT2D eigenvalue weighted by molar-refractivity contribution is 0.660. The molecule has 54 heavy (non-hydrogen) atoms. The second-order valence-corrected chi connectivity index (χ2v) is 15.7. The monoisotopic (exact) mass is 689 g/mol. The number of hydrogen-bond acceptors (Lipinski definition) is 1. The van der Waals surface area contributed by atoms with Gasteiger partial charge in [-0.3, -0.25) is 0 Å². The Hall–Kier alpha value is -6.44. The summed E-state index contributed by atoms with van der Waals surface area (Å²) in [6.07, 6.45) is 0. The standard InChI is InChI=1S/C53H39N/c1-52(2)46-20-10-6-16-40(46)44-31-29-39(33-50(44)52)54(38-27-25-37(26-28-38)36-14-4-3-5-15-36)34-35-24-30-45-43-19-9-13-23-49(43)53(51(45)32-35)47-21-11-7-17-41(47)42-18-8-12-22-48(42)53/h3-33H,34H2,1-2H3. The molecule has 256 valence electrons. The first kappa shape index (κ1) is 31.1. The fourth-order valence-electron chi connectivity index (χ4n) is 10.1. The van der Waals surface area contributed by atoms with Crippen molar-refractivity contribution in [1.82, 2.24) is 0 Å². The summed E-state index contributed by atoms with van der Waals surface area (Å²) in [6, 6.07) is 70.3. The molecule has 0 heterocycles. The summed E-state index contributed by atoms with van der Waals surface area (Å²) in [5.74, 6) is 0. The van der Waals surface area contributed by atoms with Crippen molar-refractivity contribution in [3.63, 3.8) is 0 Å². The maximum atomic E-state index is 2.52. The topological polar surface area (TPSA) is 3.24 Å². The summed E-state index contributed by atoms with van der Waals surface area (Å²) in [4.78, 5) is 2.52. The first-order valence-electron chi connectivity index (χ1n) is 19.1. The molecule has 0 amide bonds. The van der Waals surface area contributed by atoms with Crippen LogP contribution in [0.3, 0.4) is 0 Å². The average Bonchev–Trinajstić information content (AvgIpc) is 3.79. The minimum absolute atomic E-state index is 0.0836. The van der Waals surface area contributed by atoms with E-state index in [0.717, 1.165) is 6.54 Å². The molecule has 0 aliphatic heterocycles. The average molecular weight is 690 g/mol. The molecule has 0 unspecified atom stereocenters. The SMILES string of the molecule is CC1(C)c2ccccc2-c2ccc(N(Cc3ccc4c(c3)C3(c5ccccc5-c5ccccc53)c3ccccc3-4)c3ccc(-c4ccccc4)cc3)cc21. The minimum atomic E-state index is -0.360. The zero-order valence-corrected chi connectivity index (χ0v) is 30.6. The van der Waals surface area contributed by atoms with Crippen LogP contribution < -0.4 is 4.90 Å². The summed E-state index contributed by atoms with van der Waals surface area (Å²) in [5.41, 5.74) is 22.0. The fourth-order valence-corrected chi connectivity index (χ4v) is 10.1. The Morgan fingerprint density at radius 2 is 0.796 bits per heavy atom. The van der Waals surface area contributed by atoms with E-state index in [4.69, 9.17) is 0 Å². The highest BCUT2D eigenvalue weighted by molar-refractivity contribution is 5.95. The third kappa shape index (κ3) is 4.27. The van der Waals surface area contributed by atoms with E-state index in [0.29, 0.717) is 0 Å². The van der Waals surface area contributed by atoms with Gasteiger partial charge in [-0.15, -0.1) is 0 Å². The Morgan fingerprint density at radius 1 is 0.352 bits per heavy atom. The Labute approximate surface area is 317 Å². The van der Waals surface area contributed by atoms with Gasteiger partial charge in [0, 0.05) is 23.3 Å². The summed E-state index contributed by atoms with van der Waals surface area (Å²) in [6.45, 7) is 5.48. The molecule has 3 aliphatic rings. The molecule has 0 atom stereocenters. The van der Waals surface area contributed by atoms with Crippen molar-refractivity contribution < 1.29 is 0 Å². The van der Waals surface area contributed by atoms with E-state index in [-0.39, 0.29) is 10.8 Å². The minimum Gasteiger partial charge on any atom is -0.337 e. The predicted octanol–water partition coefficient (Wildman–Crippen LogP) is 13.3. The number of benzene rings is 8. The number of hydrogen-bond donors (Lipinski definition) is 0. The van der Waals surface area contributed by atoms with Gasteiger partial charge in [0.05, 0.1) is 5.41 Å². The maximum absolute atomic E-state index is 2.52. The quantitative estimate of drug-likeness (QED) is 0.174. The summed E-state index contributed by atoms with van der Waals surface area (Å²) in [7, 11) is 0. The summed E-state index contributed by atoms with van der Waals surface area (Å²) < 4.78 is 0. The molecule has 0 radical (unpaired) electrons. The van der Waals surface area contributed by atoms with E-state index in [1.165, 1.54) is 94.8 Å². The molecule has 0 fully saturated rings. The van der Waals surface area contributed by atoms with Crippen LogP contribution in [0.25, 0.3) is 44.5 Å². The predicted molar refractivity (Wildman–Crippen MR) is 224 cm³/mol. The van der Waals surface area contributed by atoms with E-state index in [1.54, 1.807) is 0 Å². The van der Waals surface area contributed by atoms with Crippen molar-refractivity contribution in [2.75, 3.05) is 4.90 Å². The van der Waals surface area contributed by atoms with Gasteiger partial charge in [-0.05, 0) is 108 Å². The third-order valence-corrected chi connectivity index (χ3v) is 12.6. The summed E-state index contributed by atoms with van der Waals surface area (Å²) >= 11 is 0. The van der Waals surface area contributed by atoms with Crippen molar-refractivity contribution in [2.45, 2.75) is 31.2 Å². The molecule has 8 aromatic rings. The van der Waals surface area contributed by atoms with Crippen LogP contribution in [-0.4, -0.2) is 0 Å². The maximum Gasteiger partial charge on any atom is 0.0725 e. The smallest absolute Gasteiger partial charge is 0.0725 e. The van der Waals surface area contributed by atoms with Crippen molar-refractivity contribution >= 4 is 11.4 Å². The van der Waals surface area contributed by atoms with Gasteiger partial charge in [0.25, 0.3) is 0 Å². The molecule has 0 bridgehead atoms. The number of anilines is 2. The lowest BCUT2D eigenvalue weighted by Gasteiger charge is -2.31. The summed E-state index contributed by atoms with van der Waals surface area (Å²) in [5, 5.41) is 0. The Kier molecular flexibility index (Phi) is 6.64. The van der Waals surface area contributed by atoms with Crippen LogP contribution in [0, 0.1) is 0 Å². The van der Waals surface area contributed by atoms with Crippen LogP contribution >= 0.6 is 0 Å². The highest BCUT2D eigenvalue weighted by Crippen LogP contribution is 2.62. The molecule has 11 rings (SSSR count). The second-order valence-electron chi connectivity index (χ2n) is 15.7. The molecular formula is C53H39N. The molecule has 8 aromatic carbocycles. The Morgan fingerprint density at radius 3 is 1.41 bits per heavy atom. The fraction of sp³-hybridized carbons (Fsp3) is 0.0943. The molecule has 3 aliphatic carbocycles. The lowest BCUT2D eigenvalue weighted by atomic mass is 9.70. The van der Waals surface area contributed by atoms with Crippen molar-refractivity contribution in [3.8, 4) is 44.5 Å². The largest absolute Gasteiger partial charge is 0.337 e. The molecule has 1 heteroatoms. The normalized spacial score (nSPS) is 14.5. The number of fused-ring (bicyclic) bond motifs is 13. The zero-order chi connectivity index (χ0) is 36.0. The second kappa shape index (κ2) is 11.5. The van der Waals surface area contributed by atoms with Gasteiger partial charge in [-0.2, -0.15) is 0 Å². The highest BCUT2D eigenvalue weighted by Gasteiger charge is 2.51. The van der Waals surface area contributed by atoms with Gasteiger partial charge in [0.15, 0.2) is 0 Å². The van der Waals surface area contributed by atoms with Crippen LogP contribution in [0.4, 0.5) is 11.4 Å². The van der Waals surface area contributed by atoms with Crippen LogP contribution in [0.2, 0.25) is 0 Å². The molecule has 0 saturated heterocycles. The Balaban J connectivity index is 1.08. The first-order chi connectivity index (χ1) is 26.5. The molecule has 1 spiro atoms. The molecule has 1 nitrogen and oxygen atoms in total. The van der Waals surface area contributed by atoms with Gasteiger partial charge < -0.3 is 4.90 Å². The molecule has 0 saturated carbocycles. The van der Waals surface area contributed by atoms with Gasteiger partial charge in [0.2, 0.25) is 0 Å². The van der Waals surface area contributed by atoms with Crippen molar-refractivity contribution in [1.29, 1.82) is 0 Å².